The molecule has 0 spiro atoms. The average Bonchev–Trinajstić information content (AvgIpc) is 2.42. The molecule has 0 radical (unpaired) electrons. The molecule has 0 aromatic carbocycles. The van der Waals surface area contributed by atoms with E-state index in [1.807, 2.05) is 19.9 Å². The Hall–Kier alpha value is -1.32. The summed E-state index contributed by atoms with van der Waals surface area (Å²) < 4.78 is 0. The van der Waals surface area contributed by atoms with Gasteiger partial charge in [-0.1, -0.05) is 31.9 Å². The number of hydrogen-bond acceptors (Lipinski definition) is 2. The van der Waals surface area contributed by atoms with Crippen LogP contribution in [0.3, 0.4) is 0 Å². The number of carboxylic acid groups (broad SMARTS) is 1. The van der Waals surface area contributed by atoms with Gasteiger partial charge in [-0.15, -0.1) is 0 Å². The van der Waals surface area contributed by atoms with Crippen LogP contribution in [0.25, 0.3) is 0 Å². The lowest BCUT2D eigenvalue weighted by atomic mass is 9.99. The maximum Gasteiger partial charge on any atom is 0.304 e. The molecule has 1 unspecified atom stereocenters. The molecule has 0 fully saturated rings. The zero-order valence-electron chi connectivity index (χ0n) is 13.1. The monoisotopic (exact) mass is 283 g/mol. The fraction of sp³-hybridized carbons (Fsp3) is 0.750. The molecule has 0 rings (SSSR count). The fourth-order valence-electron chi connectivity index (χ4n) is 2.17. The standard InChI is InChI=1S/C16H29NO3/c1-4-7-8-9-10-11-12-14(13-15(18)19)16(20)17(5-2)6-3/h10-11,14H,4-9,12-13H2,1-3H3,(H,18,19)/b11-10-. The number of carbonyl (C=O) groups is 2. The Bertz CT molecular complexity index is 309. The third kappa shape index (κ3) is 7.97. The molecule has 116 valence electrons. The van der Waals surface area contributed by atoms with Crippen LogP contribution < -0.4 is 0 Å². The second-order valence-electron chi connectivity index (χ2n) is 5.01. The first-order valence-electron chi connectivity index (χ1n) is 7.72. The Balaban J connectivity index is 4.41. The summed E-state index contributed by atoms with van der Waals surface area (Å²) in [6.07, 6.45) is 9.03. The van der Waals surface area contributed by atoms with Crippen molar-refractivity contribution in [2.24, 2.45) is 5.92 Å². The van der Waals surface area contributed by atoms with Gasteiger partial charge in [-0.3, -0.25) is 9.59 Å². The molecule has 0 aromatic rings. The Kier molecular flexibility index (Phi) is 10.7. The molecule has 4 heteroatoms. The van der Waals surface area contributed by atoms with Gasteiger partial charge in [0, 0.05) is 13.1 Å². The van der Waals surface area contributed by atoms with E-state index in [9.17, 15) is 9.59 Å². The highest BCUT2D eigenvalue weighted by Gasteiger charge is 2.23. The van der Waals surface area contributed by atoms with Crippen molar-refractivity contribution in [3.05, 3.63) is 12.2 Å². The summed E-state index contributed by atoms with van der Waals surface area (Å²) in [7, 11) is 0. The van der Waals surface area contributed by atoms with E-state index in [2.05, 4.69) is 13.0 Å². The van der Waals surface area contributed by atoms with Gasteiger partial charge < -0.3 is 10.0 Å². The highest BCUT2D eigenvalue weighted by Crippen LogP contribution is 2.14. The predicted molar refractivity (Wildman–Crippen MR) is 81.6 cm³/mol. The lowest BCUT2D eigenvalue weighted by molar-refractivity contribution is -0.144. The molecule has 0 aliphatic rings. The van der Waals surface area contributed by atoms with Crippen molar-refractivity contribution in [2.75, 3.05) is 13.1 Å². The lowest BCUT2D eigenvalue weighted by Gasteiger charge is -2.23. The number of carboxylic acids is 1. The van der Waals surface area contributed by atoms with Gasteiger partial charge >= 0.3 is 5.97 Å². The van der Waals surface area contributed by atoms with Gasteiger partial charge in [0.2, 0.25) is 5.91 Å². The number of hydrogen-bond donors (Lipinski definition) is 1. The molecule has 1 amide bonds. The fourth-order valence-corrected chi connectivity index (χ4v) is 2.17. The van der Waals surface area contributed by atoms with E-state index >= 15 is 0 Å². The second kappa shape index (κ2) is 11.5. The van der Waals surface area contributed by atoms with Gasteiger partial charge in [-0.2, -0.15) is 0 Å². The van der Waals surface area contributed by atoms with Gasteiger partial charge in [-0.05, 0) is 33.1 Å². The summed E-state index contributed by atoms with van der Waals surface area (Å²) in [4.78, 5) is 24.8. The molecule has 1 atom stereocenters. The zero-order chi connectivity index (χ0) is 15.4. The summed E-state index contributed by atoms with van der Waals surface area (Å²) in [5.74, 6) is -1.39. The molecule has 4 nitrogen and oxygen atoms in total. The SMILES string of the molecule is CCCCC/C=C\CC(CC(=O)O)C(=O)N(CC)CC. The number of unbranched alkanes of at least 4 members (excludes halogenated alkanes) is 3. The summed E-state index contributed by atoms with van der Waals surface area (Å²) in [5, 5.41) is 8.94. The minimum atomic E-state index is -0.908. The largest absolute Gasteiger partial charge is 0.481 e. The Morgan fingerprint density at radius 3 is 2.25 bits per heavy atom. The summed E-state index contributed by atoms with van der Waals surface area (Å²) in [5.41, 5.74) is 0. The van der Waals surface area contributed by atoms with Crippen LogP contribution in [0.1, 0.15) is 59.3 Å². The average molecular weight is 283 g/mol. The third-order valence-corrected chi connectivity index (χ3v) is 3.41. The van der Waals surface area contributed by atoms with Gasteiger partial charge in [0.1, 0.15) is 0 Å². The van der Waals surface area contributed by atoms with Crippen LogP contribution in [0.15, 0.2) is 12.2 Å². The molecular weight excluding hydrogens is 254 g/mol. The number of carbonyl (C=O) groups excluding carboxylic acids is 1. The van der Waals surface area contributed by atoms with E-state index in [4.69, 9.17) is 5.11 Å². The maximum atomic E-state index is 12.2. The van der Waals surface area contributed by atoms with E-state index in [1.165, 1.54) is 12.8 Å². The summed E-state index contributed by atoms with van der Waals surface area (Å²) >= 11 is 0. The van der Waals surface area contributed by atoms with Crippen LogP contribution in [0.5, 0.6) is 0 Å². The highest BCUT2D eigenvalue weighted by atomic mass is 16.4. The van der Waals surface area contributed by atoms with Gasteiger partial charge in [0.15, 0.2) is 0 Å². The van der Waals surface area contributed by atoms with Crippen molar-refractivity contribution in [3.8, 4) is 0 Å². The van der Waals surface area contributed by atoms with Crippen molar-refractivity contribution in [1.29, 1.82) is 0 Å². The summed E-state index contributed by atoms with van der Waals surface area (Å²) in [6, 6.07) is 0. The van der Waals surface area contributed by atoms with Crippen LogP contribution >= 0.6 is 0 Å². The predicted octanol–water partition coefficient (Wildman–Crippen LogP) is 3.47. The highest BCUT2D eigenvalue weighted by molar-refractivity contribution is 5.83. The molecular formula is C16H29NO3. The first-order valence-corrected chi connectivity index (χ1v) is 7.72. The van der Waals surface area contributed by atoms with Crippen LogP contribution in [0.2, 0.25) is 0 Å². The second-order valence-corrected chi connectivity index (χ2v) is 5.01. The molecule has 0 saturated heterocycles. The topological polar surface area (TPSA) is 57.6 Å². The van der Waals surface area contributed by atoms with E-state index < -0.39 is 11.9 Å². The van der Waals surface area contributed by atoms with Crippen molar-refractivity contribution in [1.82, 2.24) is 4.90 Å². The molecule has 0 aliphatic heterocycles. The first-order chi connectivity index (χ1) is 9.56. The van der Waals surface area contributed by atoms with Crippen molar-refractivity contribution < 1.29 is 14.7 Å². The Morgan fingerprint density at radius 1 is 1.10 bits per heavy atom. The number of allylic oxidation sites excluding steroid dienone is 2. The van der Waals surface area contributed by atoms with Gasteiger partial charge in [0.25, 0.3) is 0 Å². The zero-order valence-corrected chi connectivity index (χ0v) is 13.1. The molecule has 0 aliphatic carbocycles. The van der Waals surface area contributed by atoms with E-state index in [0.717, 1.165) is 12.8 Å². The van der Waals surface area contributed by atoms with Crippen LogP contribution in [0.4, 0.5) is 0 Å². The maximum absolute atomic E-state index is 12.2. The lowest BCUT2D eigenvalue weighted by Crippen LogP contribution is -2.36. The minimum absolute atomic E-state index is 0.0457. The molecule has 0 saturated carbocycles. The number of aliphatic carboxylic acids is 1. The van der Waals surface area contributed by atoms with E-state index in [1.54, 1.807) is 4.90 Å². The molecule has 0 heterocycles. The third-order valence-electron chi connectivity index (χ3n) is 3.41. The van der Waals surface area contributed by atoms with Crippen molar-refractivity contribution in [2.45, 2.75) is 59.3 Å². The quantitative estimate of drug-likeness (QED) is 0.466. The van der Waals surface area contributed by atoms with Crippen LogP contribution in [0, 0.1) is 5.92 Å². The minimum Gasteiger partial charge on any atom is -0.481 e. The van der Waals surface area contributed by atoms with Gasteiger partial charge in [-0.25, -0.2) is 0 Å². The number of amides is 1. The van der Waals surface area contributed by atoms with Crippen molar-refractivity contribution in [3.63, 3.8) is 0 Å². The number of nitrogens with zero attached hydrogens (tertiary/aromatic N) is 1. The Labute approximate surface area is 122 Å². The van der Waals surface area contributed by atoms with Crippen LogP contribution in [-0.4, -0.2) is 35.0 Å². The molecule has 1 N–H and O–H groups in total. The molecule has 20 heavy (non-hydrogen) atoms. The van der Waals surface area contributed by atoms with E-state index in [-0.39, 0.29) is 12.3 Å². The van der Waals surface area contributed by atoms with E-state index in [0.29, 0.717) is 19.5 Å². The Morgan fingerprint density at radius 2 is 1.75 bits per heavy atom. The smallest absolute Gasteiger partial charge is 0.304 e. The van der Waals surface area contributed by atoms with Crippen LogP contribution in [-0.2, 0) is 9.59 Å². The normalized spacial score (nSPS) is 12.6. The van der Waals surface area contributed by atoms with Gasteiger partial charge in [0.05, 0.1) is 12.3 Å². The molecule has 0 aromatic heterocycles. The molecule has 0 bridgehead atoms. The number of rotatable bonds is 11. The first kappa shape index (κ1) is 18.7. The van der Waals surface area contributed by atoms with Crippen molar-refractivity contribution >= 4 is 11.9 Å². The summed E-state index contributed by atoms with van der Waals surface area (Å²) in [6.45, 7) is 7.26.